The van der Waals surface area contributed by atoms with Gasteiger partial charge in [0.05, 0.1) is 0 Å². The van der Waals surface area contributed by atoms with Gasteiger partial charge in [0, 0.05) is 25.2 Å². The molecule has 2 fully saturated rings. The molecule has 4 unspecified atom stereocenters. The van der Waals surface area contributed by atoms with Crippen molar-refractivity contribution in [1.82, 2.24) is 10.2 Å². The second-order valence-electron chi connectivity index (χ2n) is 6.34. The molecule has 2 aliphatic rings. The third kappa shape index (κ3) is 3.45. The van der Waals surface area contributed by atoms with Crippen LogP contribution in [0.15, 0.2) is 0 Å². The molecule has 4 atom stereocenters. The van der Waals surface area contributed by atoms with E-state index >= 15 is 0 Å². The lowest BCUT2D eigenvalue weighted by atomic mass is 10.0. The summed E-state index contributed by atoms with van der Waals surface area (Å²) in [6, 6.07) is 1.44. The third-order valence-corrected chi connectivity index (χ3v) is 4.82. The lowest BCUT2D eigenvalue weighted by Crippen LogP contribution is -2.38. The van der Waals surface area contributed by atoms with Crippen molar-refractivity contribution >= 4 is 0 Å². The van der Waals surface area contributed by atoms with E-state index in [1.165, 1.54) is 51.7 Å². The minimum absolute atomic E-state index is 0.672. The summed E-state index contributed by atoms with van der Waals surface area (Å²) in [5.41, 5.74) is 0. The summed E-state index contributed by atoms with van der Waals surface area (Å²) in [6.45, 7) is 10.9. The summed E-state index contributed by atoms with van der Waals surface area (Å²) in [5, 5.41) is 3.61. The van der Waals surface area contributed by atoms with E-state index < -0.39 is 0 Å². The molecule has 1 heterocycles. The van der Waals surface area contributed by atoms with E-state index in [9.17, 15) is 0 Å². The maximum atomic E-state index is 3.61. The van der Waals surface area contributed by atoms with Crippen molar-refractivity contribution in [3.63, 3.8) is 0 Å². The number of hydrogen-bond donors (Lipinski definition) is 1. The maximum absolute atomic E-state index is 3.61. The molecule has 2 heteroatoms. The number of rotatable bonds is 6. The molecule has 0 aromatic carbocycles. The highest BCUT2D eigenvalue weighted by Crippen LogP contribution is 2.38. The van der Waals surface area contributed by atoms with Crippen LogP contribution in [0.1, 0.15) is 52.9 Å². The Morgan fingerprint density at radius 1 is 1.18 bits per heavy atom. The van der Waals surface area contributed by atoms with Gasteiger partial charge in [-0.25, -0.2) is 0 Å². The molecular weight excluding hydrogens is 208 g/mol. The first-order valence-electron chi connectivity index (χ1n) is 7.68. The Labute approximate surface area is 107 Å². The van der Waals surface area contributed by atoms with Gasteiger partial charge in [-0.05, 0) is 57.9 Å². The average Bonchev–Trinajstić information content (AvgIpc) is 2.86. The summed E-state index contributed by atoms with van der Waals surface area (Å²) in [5.74, 6) is 2.08. The fraction of sp³-hybridized carbons (Fsp3) is 1.00. The largest absolute Gasteiger partial charge is 0.314 e. The van der Waals surface area contributed by atoms with Crippen LogP contribution in [0.3, 0.4) is 0 Å². The number of fused-ring (bicyclic) bond motifs is 1. The molecule has 0 bridgehead atoms. The first kappa shape index (κ1) is 13.4. The van der Waals surface area contributed by atoms with Crippen molar-refractivity contribution in [2.45, 2.75) is 65.0 Å². The first-order valence-corrected chi connectivity index (χ1v) is 7.68. The van der Waals surface area contributed by atoms with Crippen LogP contribution in [0.4, 0.5) is 0 Å². The molecule has 1 N–H and O–H groups in total. The average molecular weight is 238 g/mol. The first-order chi connectivity index (χ1) is 8.20. The van der Waals surface area contributed by atoms with Gasteiger partial charge in [0.1, 0.15) is 0 Å². The Balaban J connectivity index is 1.71. The summed E-state index contributed by atoms with van der Waals surface area (Å²) >= 11 is 0. The van der Waals surface area contributed by atoms with Crippen molar-refractivity contribution < 1.29 is 0 Å². The zero-order chi connectivity index (χ0) is 12.3. The Hall–Kier alpha value is -0.0800. The van der Waals surface area contributed by atoms with Gasteiger partial charge in [-0.1, -0.05) is 13.3 Å². The molecule has 2 nitrogen and oxygen atoms in total. The molecule has 0 spiro atoms. The normalized spacial score (nSPS) is 32.6. The second kappa shape index (κ2) is 6.19. The summed E-state index contributed by atoms with van der Waals surface area (Å²) in [7, 11) is 0. The monoisotopic (exact) mass is 238 g/mol. The molecule has 1 saturated heterocycles. The zero-order valence-electron chi connectivity index (χ0n) is 11.9. The molecule has 1 aliphatic heterocycles. The van der Waals surface area contributed by atoms with Gasteiger partial charge in [0.2, 0.25) is 0 Å². The predicted octanol–water partition coefficient (Wildman–Crippen LogP) is 2.89. The lowest BCUT2D eigenvalue weighted by Gasteiger charge is -2.28. The third-order valence-electron chi connectivity index (χ3n) is 4.82. The van der Waals surface area contributed by atoms with Crippen molar-refractivity contribution in [2.75, 3.05) is 19.6 Å². The van der Waals surface area contributed by atoms with Crippen LogP contribution in [-0.4, -0.2) is 36.6 Å². The fourth-order valence-corrected chi connectivity index (χ4v) is 3.77. The molecule has 2 rings (SSSR count). The molecule has 1 aliphatic carbocycles. The molecule has 1 saturated carbocycles. The van der Waals surface area contributed by atoms with Gasteiger partial charge < -0.3 is 10.2 Å². The van der Waals surface area contributed by atoms with Crippen molar-refractivity contribution in [1.29, 1.82) is 0 Å². The minimum Gasteiger partial charge on any atom is -0.314 e. The van der Waals surface area contributed by atoms with Crippen LogP contribution in [0.25, 0.3) is 0 Å². The minimum atomic E-state index is 0.672. The van der Waals surface area contributed by atoms with Crippen LogP contribution in [-0.2, 0) is 0 Å². The van der Waals surface area contributed by atoms with E-state index in [0.29, 0.717) is 6.04 Å². The Morgan fingerprint density at radius 2 is 1.82 bits per heavy atom. The molecule has 0 amide bonds. The maximum Gasteiger partial charge on any atom is 0.00818 e. The van der Waals surface area contributed by atoms with Gasteiger partial charge in [-0.3, -0.25) is 0 Å². The van der Waals surface area contributed by atoms with E-state index in [2.05, 4.69) is 31.0 Å². The van der Waals surface area contributed by atoms with Crippen molar-refractivity contribution in [2.24, 2.45) is 11.8 Å². The topological polar surface area (TPSA) is 15.3 Å². The van der Waals surface area contributed by atoms with Gasteiger partial charge in [0.25, 0.3) is 0 Å². The number of nitrogens with one attached hydrogen (secondary N) is 1. The molecule has 17 heavy (non-hydrogen) atoms. The number of likely N-dealkylation sites (tertiary alicyclic amines) is 1. The van der Waals surface area contributed by atoms with Crippen molar-refractivity contribution in [3.8, 4) is 0 Å². The summed E-state index contributed by atoms with van der Waals surface area (Å²) in [4.78, 5) is 2.75. The Bertz CT molecular complexity index is 217. The van der Waals surface area contributed by atoms with Crippen LogP contribution in [0, 0.1) is 11.8 Å². The Kier molecular flexibility index (Phi) is 4.87. The molecule has 0 aromatic heterocycles. The highest BCUT2D eigenvalue weighted by Gasteiger charge is 2.37. The zero-order valence-corrected chi connectivity index (χ0v) is 11.9. The van der Waals surface area contributed by atoms with E-state index in [1.807, 2.05) is 0 Å². The molecular formula is C15H30N2. The highest BCUT2D eigenvalue weighted by atomic mass is 15.2. The highest BCUT2D eigenvalue weighted by molar-refractivity contribution is 4.90. The fourth-order valence-electron chi connectivity index (χ4n) is 3.77. The van der Waals surface area contributed by atoms with E-state index in [4.69, 9.17) is 0 Å². The van der Waals surface area contributed by atoms with Gasteiger partial charge >= 0.3 is 0 Å². The molecule has 100 valence electrons. The quantitative estimate of drug-likeness (QED) is 0.765. The molecule has 0 aromatic rings. The van der Waals surface area contributed by atoms with Crippen LogP contribution in [0.2, 0.25) is 0 Å². The lowest BCUT2D eigenvalue weighted by molar-refractivity contribution is 0.214. The predicted molar refractivity (Wildman–Crippen MR) is 74.2 cm³/mol. The Morgan fingerprint density at radius 3 is 2.41 bits per heavy atom. The van der Waals surface area contributed by atoms with Gasteiger partial charge in [0.15, 0.2) is 0 Å². The van der Waals surface area contributed by atoms with Gasteiger partial charge in [-0.15, -0.1) is 0 Å². The van der Waals surface area contributed by atoms with Crippen LogP contribution >= 0.6 is 0 Å². The van der Waals surface area contributed by atoms with Crippen LogP contribution < -0.4 is 5.32 Å². The van der Waals surface area contributed by atoms with Crippen LogP contribution in [0.5, 0.6) is 0 Å². The number of nitrogens with zero attached hydrogens (tertiary/aromatic N) is 1. The second-order valence-corrected chi connectivity index (χ2v) is 6.34. The summed E-state index contributed by atoms with van der Waals surface area (Å²) in [6.07, 6.45) is 7.03. The van der Waals surface area contributed by atoms with Gasteiger partial charge in [-0.2, -0.15) is 0 Å². The summed E-state index contributed by atoms with van der Waals surface area (Å²) < 4.78 is 0. The molecule has 0 radical (unpaired) electrons. The SMILES string of the molecule is CCCNC(C)CC(C)N1CC2CCCC2C1. The number of hydrogen-bond acceptors (Lipinski definition) is 2. The van der Waals surface area contributed by atoms with E-state index in [0.717, 1.165) is 17.9 Å². The smallest absolute Gasteiger partial charge is 0.00818 e. The standard InChI is InChI=1S/C15H30N2/c1-4-8-16-12(2)9-13(3)17-10-14-6-5-7-15(14)11-17/h12-16H,4-11H2,1-3H3. The van der Waals surface area contributed by atoms with E-state index in [-0.39, 0.29) is 0 Å². The van der Waals surface area contributed by atoms with E-state index in [1.54, 1.807) is 0 Å². The van der Waals surface area contributed by atoms with Crippen molar-refractivity contribution in [3.05, 3.63) is 0 Å².